The molecule has 0 heterocycles. The Hall–Kier alpha value is -3.17. The standard InChI is InChI=1S/C34H42FNO7/c1-19-15-25-24-12-11-22-16-23(37)13-14-31(22,5)33(24,35)27(38)17-32(25,6)34(19,41)26(36)18-42-28(39)20-7-9-21(10-8-20)29(40)43-30(2,3)4/h7-10,13-14,16,19,24-25,27,36,38,41H,11-12,15,17-18H2,1-6H3/t19-,24?,25+,27+,31+,32+,33+,34+/m1/s1. The molecule has 9 heteroatoms. The largest absolute Gasteiger partial charge is 0.456 e. The highest BCUT2D eigenvalue weighted by atomic mass is 19.1. The van der Waals surface area contributed by atoms with Crippen LogP contribution in [0.4, 0.5) is 4.39 Å². The topological polar surface area (TPSA) is 134 Å². The molecule has 5 rings (SSSR count). The second kappa shape index (κ2) is 10.2. The van der Waals surface area contributed by atoms with Crippen molar-refractivity contribution in [2.24, 2.45) is 28.6 Å². The molecule has 232 valence electrons. The van der Waals surface area contributed by atoms with Crippen LogP contribution in [0.2, 0.25) is 0 Å². The molecule has 4 aliphatic carbocycles. The van der Waals surface area contributed by atoms with Crippen molar-refractivity contribution in [1.82, 2.24) is 0 Å². The van der Waals surface area contributed by atoms with Crippen LogP contribution in [0.25, 0.3) is 0 Å². The lowest BCUT2D eigenvalue weighted by Gasteiger charge is -2.62. The van der Waals surface area contributed by atoms with Crippen LogP contribution in [-0.4, -0.2) is 63.2 Å². The first-order valence-electron chi connectivity index (χ1n) is 15.0. The number of alkyl halides is 1. The van der Waals surface area contributed by atoms with Gasteiger partial charge in [-0.1, -0.05) is 25.5 Å². The summed E-state index contributed by atoms with van der Waals surface area (Å²) in [5.74, 6) is -2.83. The van der Waals surface area contributed by atoms with E-state index in [9.17, 15) is 24.6 Å². The molecule has 3 saturated carbocycles. The molecular formula is C34H42FNO7. The SMILES string of the molecule is C[C@@H]1C[C@H]2C3CCC4=CC(=O)C=C[C@]4(C)[C@@]3(F)[C@@H](O)C[C@]2(C)[C@@]1(O)C(=N)COC(=O)c1ccc(C(=O)OC(C)(C)C)cc1. The first kappa shape index (κ1) is 31.3. The van der Waals surface area contributed by atoms with Crippen LogP contribution in [0, 0.1) is 34.0 Å². The smallest absolute Gasteiger partial charge is 0.338 e. The molecule has 8 atom stereocenters. The molecule has 1 aromatic carbocycles. The number of hydrogen-bond acceptors (Lipinski definition) is 8. The number of ether oxygens (including phenoxy) is 2. The Labute approximate surface area is 251 Å². The highest BCUT2D eigenvalue weighted by molar-refractivity contribution is 6.01. The Bertz CT molecular complexity index is 1430. The number of aliphatic hydroxyl groups is 2. The number of rotatable bonds is 5. The van der Waals surface area contributed by atoms with Gasteiger partial charge in [0.1, 0.15) is 17.8 Å². The Morgan fingerprint density at radius 2 is 1.70 bits per heavy atom. The quantitative estimate of drug-likeness (QED) is 0.316. The zero-order valence-electron chi connectivity index (χ0n) is 25.7. The van der Waals surface area contributed by atoms with Crippen LogP contribution in [0.15, 0.2) is 48.1 Å². The maximum absolute atomic E-state index is 17.4. The minimum atomic E-state index is -2.04. The number of halogens is 1. The van der Waals surface area contributed by atoms with Gasteiger partial charge < -0.3 is 25.1 Å². The van der Waals surface area contributed by atoms with Gasteiger partial charge in [-0.15, -0.1) is 0 Å². The summed E-state index contributed by atoms with van der Waals surface area (Å²) in [6.07, 6.45) is 4.29. The molecule has 0 bridgehead atoms. The highest BCUT2D eigenvalue weighted by Crippen LogP contribution is 2.70. The summed E-state index contributed by atoms with van der Waals surface area (Å²) in [6, 6.07) is 5.80. The Balaban J connectivity index is 1.33. The van der Waals surface area contributed by atoms with Gasteiger partial charge in [0.25, 0.3) is 0 Å². The van der Waals surface area contributed by atoms with Crippen molar-refractivity contribution in [2.75, 3.05) is 6.61 Å². The zero-order valence-corrected chi connectivity index (χ0v) is 25.7. The van der Waals surface area contributed by atoms with Gasteiger partial charge in [0.2, 0.25) is 0 Å². The zero-order chi connectivity index (χ0) is 31.8. The maximum atomic E-state index is 17.4. The number of allylic oxidation sites excluding steroid dienone is 4. The predicted octanol–water partition coefficient (Wildman–Crippen LogP) is 5.17. The fourth-order valence-corrected chi connectivity index (χ4v) is 8.60. The first-order valence-corrected chi connectivity index (χ1v) is 15.0. The molecular weight excluding hydrogens is 553 g/mol. The lowest BCUT2D eigenvalue weighted by molar-refractivity contribution is -0.209. The van der Waals surface area contributed by atoms with Gasteiger partial charge in [0, 0.05) is 16.7 Å². The molecule has 1 aromatic rings. The van der Waals surface area contributed by atoms with Gasteiger partial charge in [0.05, 0.1) is 22.9 Å². The van der Waals surface area contributed by atoms with Crippen LogP contribution in [0.3, 0.4) is 0 Å². The summed E-state index contributed by atoms with van der Waals surface area (Å²) < 4.78 is 28.2. The lowest BCUT2D eigenvalue weighted by atomic mass is 9.44. The molecule has 0 saturated heterocycles. The van der Waals surface area contributed by atoms with Gasteiger partial charge in [0.15, 0.2) is 11.5 Å². The molecule has 43 heavy (non-hydrogen) atoms. The van der Waals surface area contributed by atoms with E-state index >= 15 is 4.39 Å². The summed E-state index contributed by atoms with van der Waals surface area (Å²) in [5.41, 5.74) is -5.70. The normalized spacial score (nSPS) is 38.3. The van der Waals surface area contributed by atoms with E-state index in [1.807, 2.05) is 13.8 Å². The van der Waals surface area contributed by atoms with E-state index in [1.165, 1.54) is 36.4 Å². The number of aliphatic hydroxyl groups excluding tert-OH is 1. The molecule has 3 fully saturated rings. The van der Waals surface area contributed by atoms with Crippen molar-refractivity contribution in [3.8, 4) is 0 Å². The molecule has 0 radical (unpaired) electrons. The van der Waals surface area contributed by atoms with Gasteiger partial charge in [-0.3, -0.25) is 4.79 Å². The number of carbonyl (C=O) groups excluding carboxylic acids is 3. The Kier molecular flexibility index (Phi) is 7.41. The second-order valence-electron chi connectivity index (χ2n) is 14.3. The van der Waals surface area contributed by atoms with Crippen molar-refractivity contribution in [3.05, 3.63) is 59.2 Å². The Morgan fingerprint density at radius 3 is 2.30 bits per heavy atom. The molecule has 3 N–H and O–H groups in total. The van der Waals surface area contributed by atoms with E-state index in [4.69, 9.17) is 14.9 Å². The molecule has 0 spiro atoms. The number of fused-ring (bicyclic) bond motifs is 5. The van der Waals surface area contributed by atoms with Crippen LogP contribution in [0.5, 0.6) is 0 Å². The molecule has 0 aromatic heterocycles. The number of hydrogen-bond donors (Lipinski definition) is 3. The third-order valence-electron chi connectivity index (χ3n) is 10.8. The molecule has 0 amide bonds. The van der Waals surface area contributed by atoms with Crippen molar-refractivity contribution in [1.29, 1.82) is 5.41 Å². The third kappa shape index (κ3) is 4.62. The summed E-state index contributed by atoms with van der Waals surface area (Å²) in [6.45, 7) is 10.2. The van der Waals surface area contributed by atoms with Crippen molar-refractivity contribution < 1.29 is 38.5 Å². The molecule has 4 aliphatic rings. The number of carbonyl (C=O) groups is 3. The average molecular weight is 596 g/mol. The molecule has 1 unspecified atom stereocenters. The molecule has 0 aliphatic heterocycles. The van der Waals surface area contributed by atoms with Crippen LogP contribution in [0.1, 0.15) is 87.9 Å². The van der Waals surface area contributed by atoms with Crippen molar-refractivity contribution >= 4 is 23.4 Å². The fourth-order valence-electron chi connectivity index (χ4n) is 8.60. The van der Waals surface area contributed by atoms with E-state index in [0.29, 0.717) is 24.8 Å². The number of ketones is 1. The van der Waals surface area contributed by atoms with Gasteiger partial charge in [-0.05, 0) is 102 Å². The summed E-state index contributed by atoms with van der Waals surface area (Å²) in [7, 11) is 0. The van der Waals surface area contributed by atoms with E-state index in [-0.39, 0.29) is 35.0 Å². The van der Waals surface area contributed by atoms with Crippen molar-refractivity contribution in [2.45, 2.75) is 90.2 Å². The number of benzene rings is 1. The van der Waals surface area contributed by atoms with Crippen LogP contribution in [-0.2, 0) is 14.3 Å². The number of nitrogens with one attached hydrogen (secondary N) is 1. The molecule has 8 nitrogen and oxygen atoms in total. The average Bonchev–Trinajstić information content (AvgIpc) is 3.13. The third-order valence-corrected chi connectivity index (χ3v) is 10.8. The lowest BCUT2D eigenvalue weighted by Crippen LogP contribution is -2.69. The Morgan fingerprint density at radius 1 is 1.09 bits per heavy atom. The summed E-state index contributed by atoms with van der Waals surface area (Å²) in [4.78, 5) is 37.2. The minimum Gasteiger partial charge on any atom is -0.456 e. The van der Waals surface area contributed by atoms with E-state index in [2.05, 4.69) is 0 Å². The second-order valence-corrected chi connectivity index (χ2v) is 14.3. The predicted molar refractivity (Wildman–Crippen MR) is 157 cm³/mol. The summed E-state index contributed by atoms with van der Waals surface area (Å²) >= 11 is 0. The van der Waals surface area contributed by atoms with E-state index in [1.54, 1.807) is 33.8 Å². The van der Waals surface area contributed by atoms with Gasteiger partial charge >= 0.3 is 11.9 Å². The maximum Gasteiger partial charge on any atom is 0.338 e. The fraction of sp³-hybridized carbons (Fsp3) is 0.588. The highest BCUT2D eigenvalue weighted by Gasteiger charge is 2.75. The first-order chi connectivity index (χ1) is 19.9. The van der Waals surface area contributed by atoms with Crippen molar-refractivity contribution in [3.63, 3.8) is 0 Å². The van der Waals surface area contributed by atoms with Gasteiger partial charge in [-0.2, -0.15) is 0 Å². The summed E-state index contributed by atoms with van der Waals surface area (Å²) in [5, 5.41) is 32.6. The monoisotopic (exact) mass is 595 g/mol. The number of esters is 2. The van der Waals surface area contributed by atoms with Crippen LogP contribution < -0.4 is 0 Å². The van der Waals surface area contributed by atoms with Gasteiger partial charge in [-0.25, -0.2) is 14.0 Å². The van der Waals surface area contributed by atoms with E-state index < -0.39 is 64.2 Å². The minimum absolute atomic E-state index is 0.0847. The van der Waals surface area contributed by atoms with Crippen LogP contribution >= 0.6 is 0 Å². The van der Waals surface area contributed by atoms with E-state index in [0.717, 1.165) is 0 Å².